The summed E-state index contributed by atoms with van der Waals surface area (Å²) in [5.74, 6) is 1.19. The van der Waals surface area contributed by atoms with E-state index < -0.39 is 11.7 Å². The number of carbonyl (C=O) groups excluding carboxylic acids is 1. The number of benzene rings is 3. The number of H-pyrrole nitrogens is 1. The molecule has 202 valence electrons. The second-order valence-electron chi connectivity index (χ2n) is 10.3. The van der Waals surface area contributed by atoms with Gasteiger partial charge in [-0.15, -0.1) is 0 Å². The Morgan fingerprint density at radius 3 is 2.33 bits per heavy atom. The number of nitrogens with zero attached hydrogens (tertiary/aromatic N) is 2. The van der Waals surface area contributed by atoms with Gasteiger partial charge in [-0.2, -0.15) is 0 Å². The highest BCUT2D eigenvalue weighted by atomic mass is 16.6. The van der Waals surface area contributed by atoms with Gasteiger partial charge in [0.15, 0.2) is 0 Å². The van der Waals surface area contributed by atoms with Gasteiger partial charge in [0, 0.05) is 45.0 Å². The Kier molecular flexibility index (Phi) is 7.81. The molecule has 1 aliphatic heterocycles. The number of nitrogens with one attached hydrogen (secondary N) is 2. The van der Waals surface area contributed by atoms with Crippen molar-refractivity contribution in [2.75, 3.05) is 18.0 Å². The van der Waals surface area contributed by atoms with Crippen LogP contribution in [0.25, 0.3) is 10.9 Å². The molecule has 0 saturated carbocycles. The number of amides is 1. The Hall–Kier alpha value is -4.33. The molecule has 1 aliphatic rings. The molecule has 0 bridgehead atoms. The molecule has 2 N–H and O–H groups in total. The molecule has 8 heteroatoms. The summed E-state index contributed by atoms with van der Waals surface area (Å²) in [6.45, 7) is 5.48. The number of fused-ring (bicyclic) bond motifs is 1. The van der Waals surface area contributed by atoms with Gasteiger partial charge in [0.2, 0.25) is 5.95 Å². The van der Waals surface area contributed by atoms with Gasteiger partial charge in [-0.3, -0.25) is 9.78 Å². The number of aromatic nitrogens is 2. The van der Waals surface area contributed by atoms with E-state index in [9.17, 15) is 9.59 Å². The van der Waals surface area contributed by atoms with Crippen molar-refractivity contribution in [2.24, 2.45) is 0 Å². The Morgan fingerprint density at radius 2 is 1.67 bits per heavy atom. The van der Waals surface area contributed by atoms with Crippen LogP contribution in [0.3, 0.4) is 0 Å². The van der Waals surface area contributed by atoms with Crippen molar-refractivity contribution >= 4 is 22.9 Å². The van der Waals surface area contributed by atoms with Gasteiger partial charge in [-0.05, 0) is 37.1 Å². The van der Waals surface area contributed by atoms with Gasteiger partial charge in [0.25, 0.3) is 5.56 Å². The highest BCUT2D eigenvalue weighted by molar-refractivity contribution is 5.80. The minimum absolute atomic E-state index is 0.0219. The average molecular weight is 527 g/mol. The first-order valence-corrected chi connectivity index (χ1v) is 13.4. The second-order valence-corrected chi connectivity index (χ2v) is 10.3. The molecule has 2 heterocycles. The first-order chi connectivity index (χ1) is 18.9. The predicted molar refractivity (Wildman–Crippen MR) is 152 cm³/mol. The molecule has 4 aromatic rings. The number of aromatic amines is 1. The smallest absolute Gasteiger partial charge is 0.407 e. The fraction of sp³-hybridized carbons (Fsp3) is 0.323. The largest absolute Gasteiger partial charge is 0.491 e. The first-order valence-electron chi connectivity index (χ1n) is 13.4. The second kappa shape index (κ2) is 11.6. The molecule has 5 rings (SSSR count). The van der Waals surface area contributed by atoms with E-state index in [2.05, 4.69) is 22.4 Å². The molecule has 1 aromatic heterocycles. The molecule has 0 spiro atoms. The lowest BCUT2D eigenvalue weighted by molar-refractivity contribution is -0.00745. The zero-order chi connectivity index (χ0) is 27.2. The highest BCUT2D eigenvalue weighted by Crippen LogP contribution is 2.32. The third-order valence-corrected chi connectivity index (χ3v) is 6.97. The van der Waals surface area contributed by atoms with Crippen LogP contribution in [-0.4, -0.2) is 40.9 Å². The topological polar surface area (TPSA) is 96.5 Å². The van der Waals surface area contributed by atoms with Crippen molar-refractivity contribution in [1.82, 2.24) is 15.3 Å². The monoisotopic (exact) mass is 526 g/mol. The SMILES string of the molecule is CC(C)Oc1ccc2c(=O)[nH]c(N3CCC(Cc4ccccc4)(OC(=O)NCc4ccccc4)CC3)nc2c1. The maximum absolute atomic E-state index is 12.9. The maximum Gasteiger partial charge on any atom is 0.407 e. The number of rotatable bonds is 8. The molecule has 0 unspecified atom stereocenters. The molecule has 1 saturated heterocycles. The molecule has 0 aliphatic carbocycles. The molecular formula is C31H34N4O4. The van der Waals surface area contributed by atoms with Crippen LogP contribution in [0, 0.1) is 0 Å². The van der Waals surface area contributed by atoms with Gasteiger partial charge in [-0.1, -0.05) is 60.7 Å². The first kappa shape index (κ1) is 26.3. The number of ether oxygens (including phenoxy) is 2. The predicted octanol–water partition coefficient (Wildman–Crippen LogP) is 5.22. The fourth-order valence-corrected chi connectivity index (χ4v) is 5.01. The van der Waals surface area contributed by atoms with Crippen molar-refractivity contribution in [1.29, 1.82) is 0 Å². The summed E-state index contributed by atoms with van der Waals surface area (Å²) >= 11 is 0. The highest BCUT2D eigenvalue weighted by Gasteiger charge is 2.39. The third-order valence-electron chi connectivity index (χ3n) is 6.97. The summed E-state index contributed by atoms with van der Waals surface area (Å²) in [6.07, 6.45) is 1.39. The van der Waals surface area contributed by atoms with E-state index in [1.807, 2.05) is 67.3 Å². The lowest BCUT2D eigenvalue weighted by Gasteiger charge is -2.41. The van der Waals surface area contributed by atoms with Crippen molar-refractivity contribution in [2.45, 2.75) is 51.4 Å². The van der Waals surface area contributed by atoms with E-state index in [1.165, 1.54) is 0 Å². The summed E-state index contributed by atoms with van der Waals surface area (Å²) in [6, 6.07) is 25.2. The summed E-state index contributed by atoms with van der Waals surface area (Å²) in [5, 5.41) is 3.42. The van der Waals surface area contributed by atoms with Crippen LogP contribution in [0.5, 0.6) is 5.75 Å². The molecule has 1 fully saturated rings. The average Bonchev–Trinajstić information content (AvgIpc) is 2.93. The Bertz CT molecular complexity index is 1460. The van der Waals surface area contributed by atoms with Crippen molar-refractivity contribution in [3.63, 3.8) is 0 Å². The van der Waals surface area contributed by atoms with Crippen molar-refractivity contribution < 1.29 is 14.3 Å². The zero-order valence-electron chi connectivity index (χ0n) is 22.4. The van der Waals surface area contributed by atoms with Crippen LogP contribution >= 0.6 is 0 Å². The number of hydrogen-bond acceptors (Lipinski definition) is 6. The minimum Gasteiger partial charge on any atom is -0.491 e. The normalized spacial score (nSPS) is 14.8. The maximum atomic E-state index is 12.9. The van der Waals surface area contributed by atoms with Gasteiger partial charge >= 0.3 is 6.09 Å². The van der Waals surface area contributed by atoms with E-state index in [4.69, 9.17) is 14.5 Å². The van der Waals surface area contributed by atoms with E-state index in [0.717, 1.165) is 11.1 Å². The van der Waals surface area contributed by atoms with E-state index in [-0.39, 0.29) is 11.7 Å². The van der Waals surface area contributed by atoms with Crippen LogP contribution < -0.4 is 20.5 Å². The third kappa shape index (κ3) is 6.57. The molecule has 0 radical (unpaired) electrons. The molecule has 1 amide bonds. The lowest BCUT2D eigenvalue weighted by atomic mass is 9.85. The minimum atomic E-state index is -0.673. The number of hydrogen-bond donors (Lipinski definition) is 2. The van der Waals surface area contributed by atoms with E-state index >= 15 is 0 Å². The molecule has 8 nitrogen and oxygen atoms in total. The quantitative estimate of drug-likeness (QED) is 0.327. The van der Waals surface area contributed by atoms with E-state index in [1.54, 1.807) is 18.2 Å². The number of piperidine rings is 1. The van der Waals surface area contributed by atoms with Crippen LogP contribution in [0.4, 0.5) is 10.7 Å². The molecule has 39 heavy (non-hydrogen) atoms. The van der Waals surface area contributed by atoms with Gasteiger partial charge < -0.3 is 19.7 Å². The van der Waals surface area contributed by atoms with E-state index in [0.29, 0.717) is 61.5 Å². The van der Waals surface area contributed by atoms with Crippen LogP contribution in [0.2, 0.25) is 0 Å². The lowest BCUT2D eigenvalue weighted by Crippen LogP contribution is -2.50. The zero-order valence-corrected chi connectivity index (χ0v) is 22.4. The summed E-state index contributed by atoms with van der Waals surface area (Å²) in [5.41, 5.74) is 1.84. The van der Waals surface area contributed by atoms with Gasteiger partial charge in [0.05, 0.1) is 17.0 Å². The van der Waals surface area contributed by atoms with Gasteiger partial charge in [0.1, 0.15) is 11.4 Å². The standard InChI is InChI=1S/C31H34N4O4/c1-22(2)38-25-13-14-26-27(19-25)33-29(34-28(26)36)35-17-15-31(16-18-35,20-23-9-5-3-6-10-23)39-30(37)32-21-24-11-7-4-8-12-24/h3-14,19,22H,15-18,20-21H2,1-2H3,(H,32,37)(H,33,34,36). The fourth-order valence-electron chi connectivity index (χ4n) is 5.01. The molecule has 0 atom stereocenters. The van der Waals surface area contributed by atoms with Gasteiger partial charge in [-0.25, -0.2) is 9.78 Å². The summed E-state index contributed by atoms with van der Waals surface area (Å²) < 4.78 is 11.9. The van der Waals surface area contributed by atoms with Crippen molar-refractivity contribution in [3.8, 4) is 5.75 Å². The Balaban J connectivity index is 1.32. The van der Waals surface area contributed by atoms with Crippen LogP contribution in [0.15, 0.2) is 83.7 Å². The summed E-state index contributed by atoms with van der Waals surface area (Å²) in [4.78, 5) is 35.5. The number of alkyl carbamates (subject to hydrolysis) is 1. The number of anilines is 1. The van der Waals surface area contributed by atoms with Crippen LogP contribution in [-0.2, 0) is 17.7 Å². The van der Waals surface area contributed by atoms with Crippen LogP contribution in [0.1, 0.15) is 37.8 Å². The Morgan fingerprint density at radius 1 is 1.00 bits per heavy atom. The number of carbonyl (C=O) groups is 1. The molecular weight excluding hydrogens is 492 g/mol. The Labute approximate surface area is 228 Å². The van der Waals surface area contributed by atoms with Crippen molar-refractivity contribution in [3.05, 3.63) is 100 Å². The molecule has 3 aromatic carbocycles. The summed E-state index contributed by atoms with van der Waals surface area (Å²) in [7, 11) is 0.